The van der Waals surface area contributed by atoms with Gasteiger partial charge < -0.3 is 10.5 Å². The Morgan fingerprint density at radius 2 is 2.38 bits per heavy atom. The SMILES string of the molecule is CCOC1(C(=N)N)CCCC(C)C1. The Bertz CT molecular complexity index is 189. The van der Waals surface area contributed by atoms with Gasteiger partial charge in [0.25, 0.3) is 0 Å². The second-order valence-electron chi connectivity index (χ2n) is 4.04. The first-order chi connectivity index (χ1) is 6.10. The van der Waals surface area contributed by atoms with E-state index in [1.54, 1.807) is 0 Å². The molecule has 0 heterocycles. The van der Waals surface area contributed by atoms with E-state index in [0.717, 1.165) is 19.3 Å². The van der Waals surface area contributed by atoms with Crippen LogP contribution in [0.2, 0.25) is 0 Å². The van der Waals surface area contributed by atoms with Crippen LogP contribution in [0, 0.1) is 11.3 Å². The van der Waals surface area contributed by atoms with Gasteiger partial charge in [-0.3, -0.25) is 5.41 Å². The van der Waals surface area contributed by atoms with E-state index < -0.39 is 5.60 Å². The molecule has 76 valence electrons. The number of rotatable bonds is 3. The molecule has 0 aromatic heterocycles. The minimum absolute atomic E-state index is 0.209. The van der Waals surface area contributed by atoms with Crippen LogP contribution in [0.25, 0.3) is 0 Å². The number of hydrogen-bond acceptors (Lipinski definition) is 2. The summed E-state index contributed by atoms with van der Waals surface area (Å²) >= 11 is 0. The van der Waals surface area contributed by atoms with Crippen LogP contribution in [0.15, 0.2) is 0 Å². The lowest BCUT2D eigenvalue weighted by atomic mass is 9.78. The highest BCUT2D eigenvalue weighted by Gasteiger charge is 2.38. The fraction of sp³-hybridized carbons (Fsp3) is 0.900. The van der Waals surface area contributed by atoms with Gasteiger partial charge in [0.1, 0.15) is 11.4 Å². The lowest BCUT2D eigenvalue weighted by Gasteiger charge is -2.38. The van der Waals surface area contributed by atoms with Crippen molar-refractivity contribution in [2.45, 2.75) is 45.1 Å². The van der Waals surface area contributed by atoms with Crippen LogP contribution in [-0.2, 0) is 4.74 Å². The molecule has 1 aliphatic rings. The van der Waals surface area contributed by atoms with Crippen molar-refractivity contribution in [3.63, 3.8) is 0 Å². The summed E-state index contributed by atoms with van der Waals surface area (Å²) < 4.78 is 5.65. The van der Waals surface area contributed by atoms with Crippen LogP contribution in [0.5, 0.6) is 0 Å². The largest absolute Gasteiger partial charge is 0.385 e. The quantitative estimate of drug-likeness (QED) is 0.520. The van der Waals surface area contributed by atoms with Crippen molar-refractivity contribution in [3.8, 4) is 0 Å². The molecule has 0 saturated heterocycles. The van der Waals surface area contributed by atoms with Crippen LogP contribution >= 0.6 is 0 Å². The zero-order valence-electron chi connectivity index (χ0n) is 8.60. The monoisotopic (exact) mass is 184 g/mol. The van der Waals surface area contributed by atoms with Crippen LogP contribution in [-0.4, -0.2) is 18.0 Å². The maximum atomic E-state index is 7.58. The van der Waals surface area contributed by atoms with Crippen molar-refractivity contribution < 1.29 is 4.74 Å². The van der Waals surface area contributed by atoms with Gasteiger partial charge in [0.15, 0.2) is 0 Å². The maximum Gasteiger partial charge on any atom is 0.125 e. The normalized spacial score (nSPS) is 34.5. The van der Waals surface area contributed by atoms with Gasteiger partial charge in [-0.1, -0.05) is 13.3 Å². The summed E-state index contributed by atoms with van der Waals surface area (Å²) in [5, 5.41) is 7.58. The second kappa shape index (κ2) is 4.09. The first-order valence-corrected chi connectivity index (χ1v) is 5.09. The molecule has 1 aliphatic carbocycles. The van der Waals surface area contributed by atoms with E-state index in [9.17, 15) is 0 Å². The highest BCUT2D eigenvalue weighted by atomic mass is 16.5. The van der Waals surface area contributed by atoms with E-state index in [-0.39, 0.29) is 5.84 Å². The molecule has 0 aromatic rings. The van der Waals surface area contributed by atoms with Gasteiger partial charge in [0, 0.05) is 6.61 Å². The molecule has 0 bridgehead atoms. The van der Waals surface area contributed by atoms with Gasteiger partial charge in [-0.2, -0.15) is 0 Å². The molecule has 3 nitrogen and oxygen atoms in total. The fourth-order valence-electron chi connectivity index (χ4n) is 2.23. The van der Waals surface area contributed by atoms with Gasteiger partial charge in [-0.15, -0.1) is 0 Å². The van der Waals surface area contributed by atoms with Crippen LogP contribution in [0.4, 0.5) is 0 Å². The molecule has 3 heteroatoms. The number of nitrogens with one attached hydrogen (secondary N) is 1. The first-order valence-electron chi connectivity index (χ1n) is 5.09. The summed E-state index contributed by atoms with van der Waals surface area (Å²) in [6.45, 7) is 4.81. The molecule has 13 heavy (non-hydrogen) atoms. The average Bonchev–Trinajstić information content (AvgIpc) is 2.04. The fourth-order valence-corrected chi connectivity index (χ4v) is 2.23. The summed E-state index contributed by atoms with van der Waals surface area (Å²) in [6.07, 6.45) is 4.19. The average molecular weight is 184 g/mol. The Balaban J connectivity index is 2.70. The lowest BCUT2D eigenvalue weighted by Crippen LogP contribution is -2.49. The molecule has 3 N–H and O–H groups in total. The lowest BCUT2D eigenvalue weighted by molar-refractivity contribution is -0.0250. The molecule has 0 aromatic carbocycles. The van der Waals surface area contributed by atoms with Gasteiger partial charge in [-0.25, -0.2) is 0 Å². The van der Waals surface area contributed by atoms with E-state index in [0.29, 0.717) is 12.5 Å². The Morgan fingerprint density at radius 1 is 1.69 bits per heavy atom. The number of ether oxygens (including phenoxy) is 1. The summed E-state index contributed by atoms with van der Waals surface area (Å²) in [4.78, 5) is 0. The molecule has 2 atom stereocenters. The van der Waals surface area contributed by atoms with Crippen molar-refractivity contribution in [1.82, 2.24) is 0 Å². The molecule has 1 rings (SSSR count). The molecule has 1 fully saturated rings. The smallest absolute Gasteiger partial charge is 0.125 e. The van der Waals surface area contributed by atoms with Crippen molar-refractivity contribution in [1.29, 1.82) is 5.41 Å². The molecule has 0 amide bonds. The predicted octanol–water partition coefficient (Wildman–Crippen LogP) is 1.91. The van der Waals surface area contributed by atoms with E-state index in [2.05, 4.69) is 6.92 Å². The van der Waals surface area contributed by atoms with Gasteiger partial charge >= 0.3 is 0 Å². The molecule has 0 spiro atoms. The number of nitrogens with two attached hydrogens (primary N) is 1. The zero-order valence-corrected chi connectivity index (χ0v) is 8.60. The molecule has 0 radical (unpaired) electrons. The summed E-state index contributed by atoms with van der Waals surface area (Å²) in [6, 6.07) is 0. The van der Waals surface area contributed by atoms with E-state index in [4.69, 9.17) is 15.9 Å². The van der Waals surface area contributed by atoms with Crippen molar-refractivity contribution in [2.75, 3.05) is 6.61 Å². The maximum absolute atomic E-state index is 7.58. The van der Waals surface area contributed by atoms with Gasteiger partial charge in [0.2, 0.25) is 0 Å². The minimum Gasteiger partial charge on any atom is -0.385 e. The first kappa shape index (κ1) is 10.5. The van der Waals surface area contributed by atoms with E-state index >= 15 is 0 Å². The highest BCUT2D eigenvalue weighted by molar-refractivity contribution is 5.86. The van der Waals surface area contributed by atoms with Gasteiger partial charge in [0.05, 0.1) is 0 Å². The Kier molecular flexibility index (Phi) is 3.31. The minimum atomic E-state index is -0.438. The van der Waals surface area contributed by atoms with Crippen molar-refractivity contribution >= 4 is 5.84 Å². The Labute approximate surface area is 80.2 Å². The second-order valence-corrected chi connectivity index (χ2v) is 4.04. The highest BCUT2D eigenvalue weighted by Crippen LogP contribution is 2.34. The molecule has 2 unspecified atom stereocenters. The molecule has 1 saturated carbocycles. The zero-order chi connectivity index (χ0) is 9.90. The Morgan fingerprint density at radius 3 is 2.85 bits per heavy atom. The van der Waals surface area contributed by atoms with Crippen LogP contribution < -0.4 is 5.73 Å². The summed E-state index contributed by atoms with van der Waals surface area (Å²) in [7, 11) is 0. The molecular weight excluding hydrogens is 164 g/mol. The summed E-state index contributed by atoms with van der Waals surface area (Å²) in [5.74, 6) is 0.838. The topological polar surface area (TPSA) is 59.1 Å². The predicted molar refractivity (Wildman–Crippen MR) is 53.9 cm³/mol. The number of hydrogen-bond donors (Lipinski definition) is 2. The summed E-state index contributed by atoms with van der Waals surface area (Å²) in [5.41, 5.74) is 5.17. The molecular formula is C10H20N2O. The third kappa shape index (κ3) is 2.21. The van der Waals surface area contributed by atoms with Crippen LogP contribution in [0.1, 0.15) is 39.5 Å². The van der Waals surface area contributed by atoms with Crippen molar-refractivity contribution in [2.24, 2.45) is 11.7 Å². The molecule has 0 aliphatic heterocycles. The van der Waals surface area contributed by atoms with Crippen LogP contribution in [0.3, 0.4) is 0 Å². The van der Waals surface area contributed by atoms with Gasteiger partial charge in [-0.05, 0) is 32.1 Å². The third-order valence-electron chi connectivity index (χ3n) is 2.87. The Hall–Kier alpha value is -0.570. The van der Waals surface area contributed by atoms with E-state index in [1.165, 1.54) is 6.42 Å². The number of amidine groups is 1. The standard InChI is InChI=1S/C10H20N2O/c1-3-13-10(9(11)12)6-4-5-8(2)7-10/h8H,3-7H2,1-2H3,(H3,11,12). The van der Waals surface area contributed by atoms with Crippen molar-refractivity contribution in [3.05, 3.63) is 0 Å². The third-order valence-corrected chi connectivity index (χ3v) is 2.87. The van der Waals surface area contributed by atoms with E-state index in [1.807, 2.05) is 6.92 Å².